The Hall–Kier alpha value is -1.92. The average molecular weight is 275 g/mol. The first-order chi connectivity index (χ1) is 9.69. The zero-order valence-electron chi connectivity index (χ0n) is 11.3. The lowest BCUT2D eigenvalue weighted by molar-refractivity contribution is 0.00336. The van der Waals surface area contributed by atoms with Crippen LogP contribution >= 0.6 is 0 Å². The van der Waals surface area contributed by atoms with E-state index in [2.05, 4.69) is 4.98 Å². The second kappa shape index (κ2) is 5.22. The highest BCUT2D eigenvalue weighted by atomic mass is 16.5. The molecule has 1 atom stereocenters. The van der Waals surface area contributed by atoms with Gasteiger partial charge in [-0.25, -0.2) is 4.98 Å². The van der Waals surface area contributed by atoms with Crippen molar-refractivity contribution in [2.24, 2.45) is 0 Å². The number of pyridine rings is 1. The Morgan fingerprint density at radius 3 is 3.20 bits per heavy atom. The van der Waals surface area contributed by atoms with Crippen molar-refractivity contribution in [1.29, 1.82) is 0 Å². The molecule has 1 aliphatic heterocycles. The molecule has 0 radical (unpaired) electrons. The Bertz CT molecular complexity index is 683. The second-order valence-electron chi connectivity index (χ2n) is 4.96. The first-order valence-electron chi connectivity index (χ1n) is 6.65. The summed E-state index contributed by atoms with van der Waals surface area (Å²) in [7, 11) is 0. The lowest BCUT2D eigenvalue weighted by atomic mass is 10.2. The largest absolute Gasteiger partial charge is 0.394 e. The number of rotatable bonds is 2. The molecule has 3 rings (SSSR count). The molecular formula is C14H17N3O3. The van der Waals surface area contributed by atoms with Gasteiger partial charge in [-0.3, -0.25) is 9.20 Å². The SMILES string of the molecule is Cc1cccn2c(=O)cc(N3CCOC(CO)C3)nc12. The molecule has 0 bridgehead atoms. The molecule has 1 unspecified atom stereocenters. The average Bonchev–Trinajstić information content (AvgIpc) is 2.48. The second-order valence-corrected chi connectivity index (χ2v) is 4.96. The summed E-state index contributed by atoms with van der Waals surface area (Å²) in [6.07, 6.45) is 1.50. The van der Waals surface area contributed by atoms with Crippen molar-refractivity contribution in [2.75, 3.05) is 31.2 Å². The van der Waals surface area contributed by atoms with Crippen LogP contribution in [0.1, 0.15) is 5.56 Å². The molecule has 0 amide bonds. The monoisotopic (exact) mass is 275 g/mol. The zero-order chi connectivity index (χ0) is 14.1. The van der Waals surface area contributed by atoms with Gasteiger partial charge in [-0.1, -0.05) is 6.07 Å². The molecule has 1 aliphatic rings. The van der Waals surface area contributed by atoms with Crippen molar-refractivity contribution in [3.05, 3.63) is 40.3 Å². The standard InChI is InChI=1S/C14H17N3O3/c1-10-3-2-4-17-13(19)7-12(15-14(10)17)16-5-6-20-11(8-16)9-18/h2-4,7,11,18H,5-6,8-9H2,1H3. The fraction of sp³-hybridized carbons (Fsp3) is 0.429. The Labute approximate surface area is 116 Å². The number of morpholine rings is 1. The van der Waals surface area contributed by atoms with Crippen LogP contribution in [0.25, 0.3) is 5.65 Å². The third kappa shape index (κ3) is 2.28. The summed E-state index contributed by atoms with van der Waals surface area (Å²) < 4.78 is 6.96. The van der Waals surface area contributed by atoms with Gasteiger partial charge in [0.25, 0.3) is 5.56 Å². The van der Waals surface area contributed by atoms with E-state index in [0.717, 1.165) is 5.56 Å². The molecule has 20 heavy (non-hydrogen) atoms. The van der Waals surface area contributed by atoms with E-state index in [4.69, 9.17) is 4.74 Å². The van der Waals surface area contributed by atoms with Crippen LogP contribution in [-0.2, 0) is 4.74 Å². The minimum Gasteiger partial charge on any atom is -0.394 e. The minimum absolute atomic E-state index is 0.0257. The number of nitrogens with zero attached hydrogens (tertiary/aromatic N) is 3. The van der Waals surface area contributed by atoms with E-state index >= 15 is 0 Å². The number of aromatic nitrogens is 2. The van der Waals surface area contributed by atoms with Gasteiger partial charge in [0.05, 0.1) is 19.3 Å². The molecule has 6 heteroatoms. The van der Waals surface area contributed by atoms with Crippen molar-refractivity contribution in [2.45, 2.75) is 13.0 Å². The van der Waals surface area contributed by atoms with Crippen LogP contribution in [-0.4, -0.2) is 46.9 Å². The van der Waals surface area contributed by atoms with Gasteiger partial charge in [-0.05, 0) is 18.6 Å². The van der Waals surface area contributed by atoms with Crippen LogP contribution in [0.5, 0.6) is 0 Å². The highest BCUT2D eigenvalue weighted by molar-refractivity contribution is 5.53. The molecule has 3 heterocycles. The van der Waals surface area contributed by atoms with Gasteiger partial charge in [-0.15, -0.1) is 0 Å². The van der Waals surface area contributed by atoms with E-state index in [1.54, 1.807) is 10.6 Å². The normalized spacial score (nSPS) is 19.5. The molecule has 106 valence electrons. The summed E-state index contributed by atoms with van der Waals surface area (Å²) in [6.45, 7) is 3.65. The van der Waals surface area contributed by atoms with Gasteiger partial charge in [0, 0.05) is 25.4 Å². The molecule has 0 saturated carbocycles. The first kappa shape index (κ1) is 13.1. The number of aliphatic hydroxyl groups is 1. The fourth-order valence-corrected chi connectivity index (χ4v) is 2.45. The lowest BCUT2D eigenvalue weighted by Gasteiger charge is -2.32. The van der Waals surface area contributed by atoms with E-state index in [9.17, 15) is 9.90 Å². The molecule has 1 saturated heterocycles. The molecule has 6 nitrogen and oxygen atoms in total. The van der Waals surface area contributed by atoms with Crippen LogP contribution in [0, 0.1) is 6.92 Å². The Morgan fingerprint density at radius 1 is 1.55 bits per heavy atom. The predicted molar refractivity (Wildman–Crippen MR) is 75.2 cm³/mol. The van der Waals surface area contributed by atoms with Gasteiger partial charge in [0.1, 0.15) is 11.5 Å². The van der Waals surface area contributed by atoms with E-state index in [1.165, 1.54) is 6.07 Å². The summed E-state index contributed by atoms with van der Waals surface area (Å²) >= 11 is 0. The van der Waals surface area contributed by atoms with Crippen molar-refractivity contribution >= 4 is 11.5 Å². The van der Waals surface area contributed by atoms with Crippen LogP contribution in [0.15, 0.2) is 29.2 Å². The third-order valence-electron chi connectivity index (χ3n) is 3.54. The minimum atomic E-state index is -0.221. The van der Waals surface area contributed by atoms with Crippen LogP contribution in [0.3, 0.4) is 0 Å². The van der Waals surface area contributed by atoms with Gasteiger partial charge in [0.15, 0.2) is 0 Å². The predicted octanol–water partition coefficient (Wildman–Crippen LogP) is 0.200. The van der Waals surface area contributed by atoms with Crippen molar-refractivity contribution < 1.29 is 9.84 Å². The van der Waals surface area contributed by atoms with Crippen molar-refractivity contribution in [3.63, 3.8) is 0 Å². The van der Waals surface area contributed by atoms with Crippen LogP contribution in [0.4, 0.5) is 5.82 Å². The number of fused-ring (bicyclic) bond motifs is 1. The van der Waals surface area contributed by atoms with Gasteiger partial charge in [-0.2, -0.15) is 0 Å². The number of hydrogen-bond donors (Lipinski definition) is 1. The quantitative estimate of drug-likeness (QED) is 0.848. The maximum absolute atomic E-state index is 12.2. The van der Waals surface area contributed by atoms with Gasteiger partial charge < -0.3 is 14.7 Å². The van der Waals surface area contributed by atoms with Gasteiger partial charge >= 0.3 is 0 Å². The lowest BCUT2D eigenvalue weighted by Crippen LogP contribution is -2.44. The smallest absolute Gasteiger partial charge is 0.259 e. The maximum atomic E-state index is 12.2. The third-order valence-corrected chi connectivity index (χ3v) is 3.54. The van der Waals surface area contributed by atoms with E-state index in [1.807, 2.05) is 24.0 Å². The van der Waals surface area contributed by atoms with Crippen LogP contribution < -0.4 is 10.5 Å². The zero-order valence-corrected chi connectivity index (χ0v) is 11.3. The number of anilines is 1. The number of aliphatic hydroxyl groups excluding tert-OH is 1. The summed E-state index contributed by atoms with van der Waals surface area (Å²) in [4.78, 5) is 18.7. The summed E-state index contributed by atoms with van der Waals surface area (Å²) in [5.41, 5.74) is 1.53. The Morgan fingerprint density at radius 2 is 2.40 bits per heavy atom. The molecule has 1 fully saturated rings. The molecule has 0 aromatic carbocycles. The number of ether oxygens (including phenoxy) is 1. The molecule has 2 aromatic rings. The molecule has 1 N–H and O–H groups in total. The maximum Gasteiger partial charge on any atom is 0.259 e. The molecule has 2 aromatic heterocycles. The highest BCUT2D eigenvalue weighted by Gasteiger charge is 2.21. The van der Waals surface area contributed by atoms with E-state index in [0.29, 0.717) is 31.2 Å². The van der Waals surface area contributed by atoms with Crippen molar-refractivity contribution in [3.8, 4) is 0 Å². The highest BCUT2D eigenvalue weighted by Crippen LogP contribution is 2.15. The van der Waals surface area contributed by atoms with Crippen LogP contribution in [0.2, 0.25) is 0 Å². The summed E-state index contributed by atoms with van der Waals surface area (Å²) in [5, 5.41) is 9.19. The summed E-state index contributed by atoms with van der Waals surface area (Å²) in [5.74, 6) is 0.644. The fourth-order valence-electron chi connectivity index (χ4n) is 2.45. The molecule has 0 aliphatic carbocycles. The molecule has 0 spiro atoms. The summed E-state index contributed by atoms with van der Waals surface area (Å²) in [6, 6.07) is 5.30. The number of hydrogen-bond acceptors (Lipinski definition) is 5. The van der Waals surface area contributed by atoms with E-state index in [-0.39, 0.29) is 18.3 Å². The van der Waals surface area contributed by atoms with Gasteiger partial charge in [0.2, 0.25) is 0 Å². The Balaban J connectivity index is 2.04. The van der Waals surface area contributed by atoms with E-state index < -0.39 is 0 Å². The Kier molecular flexibility index (Phi) is 3.42. The van der Waals surface area contributed by atoms with Crippen molar-refractivity contribution in [1.82, 2.24) is 9.38 Å². The number of aryl methyl sites for hydroxylation is 1. The molecular weight excluding hydrogens is 258 g/mol. The first-order valence-corrected chi connectivity index (χ1v) is 6.65. The topological polar surface area (TPSA) is 67.1 Å².